The Morgan fingerprint density at radius 3 is 2.28 bits per heavy atom. The van der Waals surface area contributed by atoms with E-state index in [0.717, 1.165) is 61.1 Å². The van der Waals surface area contributed by atoms with Gasteiger partial charge in [0, 0.05) is 57.9 Å². The van der Waals surface area contributed by atoms with Crippen molar-refractivity contribution in [3.05, 3.63) is 58.9 Å². The Kier molecular flexibility index (Phi) is 5.31. The lowest BCUT2D eigenvalue weighted by atomic mass is 10.1. The van der Waals surface area contributed by atoms with Crippen LogP contribution in [-0.4, -0.2) is 50.7 Å². The quantitative estimate of drug-likeness (QED) is 0.667. The van der Waals surface area contributed by atoms with Crippen molar-refractivity contribution in [1.82, 2.24) is 24.6 Å². The van der Waals surface area contributed by atoms with E-state index in [4.69, 9.17) is 0 Å². The summed E-state index contributed by atoms with van der Waals surface area (Å²) in [5.74, 6) is 0. The van der Waals surface area contributed by atoms with E-state index in [1.54, 1.807) is 10.7 Å². The molecule has 2 aromatic heterocycles. The van der Waals surface area contributed by atoms with Gasteiger partial charge in [0.05, 0.1) is 11.3 Å². The molecule has 0 spiro atoms. The molecule has 0 atom stereocenters. The highest BCUT2D eigenvalue weighted by Gasteiger charge is 2.30. The molecule has 5 nitrogen and oxygen atoms in total. The minimum atomic E-state index is -4.30. The largest absolute Gasteiger partial charge is 0.416 e. The van der Waals surface area contributed by atoms with Crippen LogP contribution in [0.15, 0.2) is 36.5 Å². The monoisotopic (exact) mass is 403 g/mol. The Labute approximate surface area is 167 Å². The minimum absolute atomic E-state index is 0.542. The van der Waals surface area contributed by atoms with Crippen molar-refractivity contribution in [2.75, 3.05) is 26.2 Å². The van der Waals surface area contributed by atoms with Crippen LogP contribution >= 0.6 is 0 Å². The standard InChI is InChI=1S/C21H24F3N5/c1-15-19-11-17(12-25-20(19)27(2)26-15)14-29-8-6-28(7-9-29)13-16-4-3-5-18(10-16)21(22,23)24/h3-5,10-12H,6-9,13-14H2,1-2H3. The first-order chi connectivity index (χ1) is 13.8. The number of piperazine rings is 1. The van der Waals surface area contributed by atoms with E-state index in [9.17, 15) is 13.2 Å². The molecule has 0 bridgehead atoms. The number of fused-ring (bicyclic) bond motifs is 1. The predicted molar refractivity (Wildman–Crippen MR) is 105 cm³/mol. The lowest BCUT2D eigenvalue weighted by Gasteiger charge is -2.34. The molecular weight excluding hydrogens is 379 g/mol. The summed E-state index contributed by atoms with van der Waals surface area (Å²) in [5.41, 5.74) is 3.14. The number of benzene rings is 1. The number of rotatable bonds is 4. The van der Waals surface area contributed by atoms with Gasteiger partial charge in [0.25, 0.3) is 0 Å². The first-order valence-electron chi connectivity index (χ1n) is 9.69. The van der Waals surface area contributed by atoms with Gasteiger partial charge in [-0.05, 0) is 30.2 Å². The van der Waals surface area contributed by atoms with E-state index >= 15 is 0 Å². The van der Waals surface area contributed by atoms with Crippen molar-refractivity contribution in [2.45, 2.75) is 26.2 Å². The maximum atomic E-state index is 12.9. The van der Waals surface area contributed by atoms with Crippen LogP contribution in [0.4, 0.5) is 13.2 Å². The highest BCUT2D eigenvalue weighted by atomic mass is 19.4. The molecular formula is C21H24F3N5. The van der Waals surface area contributed by atoms with Gasteiger partial charge in [0.1, 0.15) is 0 Å². The molecule has 0 amide bonds. The topological polar surface area (TPSA) is 37.2 Å². The summed E-state index contributed by atoms with van der Waals surface area (Å²) in [6.45, 7) is 6.76. The summed E-state index contributed by atoms with van der Waals surface area (Å²) in [6, 6.07) is 7.77. The summed E-state index contributed by atoms with van der Waals surface area (Å²) in [6.07, 6.45) is -2.39. The normalized spacial score (nSPS) is 16.6. The first-order valence-corrected chi connectivity index (χ1v) is 9.69. The van der Waals surface area contributed by atoms with Crippen molar-refractivity contribution in [1.29, 1.82) is 0 Å². The zero-order valence-corrected chi connectivity index (χ0v) is 16.6. The van der Waals surface area contributed by atoms with Crippen LogP contribution in [0.3, 0.4) is 0 Å². The summed E-state index contributed by atoms with van der Waals surface area (Å²) in [4.78, 5) is 9.10. The van der Waals surface area contributed by atoms with Gasteiger partial charge >= 0.3 is 6.18 Å². The van der Waals surface area contributed by atoms with Gasteiger partial charge in [0.15, 0.2) is 5.65 Å². The Balaban J connectivity index is 1.35. The number of alkyl halides is 3. The van der Waals surface area contributed by atoms with Crippen LogP contribution < -0.4 is 0 Å². The molecule has 1 fully saturated rings. The van der Waals surface area contributed by atoms with Gasteiger partial charge in [-0.15, -0.1) is 0 Å². The maximum Gasteiger partial charge on any atom is 0.416 e. The number of hydrogen-bond donors (Lipinski definition) is 0. The van der Waals surface area contributed by atoms with Crippen LogP contribution in [0.2, 0.25) is 0 Å². The Bertz CT molecular complexity index is 1000. The maximum absolute atomic E-state index is 12.9. The molecule has 4 rings (SSSR count). The third kappa shape index (κ3) is 4.43. The van der Waals surface area contributed by atoms with E-state index in [0.29, 0.717) is 12.1 Å². The third-order valence-electron chi connectivity index (χ3n) is 5.45. The molecule has 3 heterocycles. The fourth-order valence-corrected chi connectivity index (χ4v) is 3.91. The number of aromatic nitrogens is 3. The Morgan fingerprint density at radius 2 is 1.62 bits per heavy atom. The summed E-state index contributed by atoms with van der Waals surface area (Å²) < 4.78 is 40.5. The molecule has 0 unspecified atom stereocenters. The lowest BCUT2D eigenvalue weighted by Crippen LogP contribution is -2.45. The average Bonchev–Trinajstić information content (AvgIpc) is 2.96. The molecule has 0 radical (unpaired) electrons. The van der Waals surface area contributed by atoms with Crippen molar-refractivity contribution >= 4 is 11.0 Å². The summed E-state index contributed by atoms with van der Waals surface area (Å²) in [5, 5.41) is 5.49. The summed E-state index contributed by atoms with van der Waals surface area (Å²) in [7, 11) is 1.89. The van der Waals surface area contributed by atoms with E-state index in [2.05, 4.69) is 25.9 Å². The van der Waals surface area contributed by atoms with Gasteiger partial charge in [-0.25, -0.2) is 4.98 Å². The molecule has 154 valence electrons. The molecule has 0 N–H and O–H groups in total. The van der Waals surface area contributed by atoms with E-state index in [1.807, 2.05) is 20.2 Å². The Morgan fingerprint density at radius 1 is 0.966 bits per heavy atom. The molecule has 1 aliphatic heterocycles. The summed E-state index contributed by atoms with van der Waals surface area (Å²) >= 11 is 0. The van der Waals surface area contributed by atoms with Crippen LogP contribution in [0.5, 0.6) is 0 Å². The zero-order chi connectivity index (χ0) is 20.6. The third-order valence-corrected chi connectivity index (χ3v) is 5.45. The second-order valence-electron chi connectivity index (χ2n) is 7.67. The first kappa shape index (κ1) is 19.8. The van der Waals surface area contributed by atoms with Crippen LogP contribution in [-0.2, 0) is 26.3 Å². The Hall–Kier alpha value is -2.45. The second kappa shape index (κ2) is 7.76. The highest BCUT2D eigenvalue weighted by molar-refractivity contribution is 5.78. The van der Waals surface area contributed by atoms with Crippen LogP contribution in [0.25, 0.3) is 11.0 Å². The van der Waals surface area contributed by atoms with Gasteiger partial charge in [0.2, 0.25) is 0 Å². The minimum Gasteiger partial charge on any atom is -0.297 e. The zero-order valence-electron chi connectivity index (χ0n) is 16.6. The van der Waals surface area contributed by atoms with Crippen molar-refractivity contribution in [3.63, 3.8) is 0 Å². The average molecular weight is 403 g/mol. The molecule has 8 heteroatoms. The van der Waals surface area contributed by atoms with Crippen LogP contribution in [0.1, 0.15) is 22.4 Å². The molecule has 0 saturated carbocycles. The smallest absolute Gasteiger partial charge is 0.297 e. The number of hydrogen-bond acceptors (Lipinski definition) is 4. The van der Waals surface area contributed by atoms with Gasteiger partial charge in [-0.3, -0.25) is 14.5 Å². The molecule has 29 heavy (non-hydrogen) atoms. The molecule has 0 aliphatic carbocycles. The van der Waals surface area contributed by atoms with Crippen molar-refractivity contribution < 1.29 is 13.2 Å². The predicted octanol–water partition coefficient (Wildman–Crippen LogP) is 3.61. The number of halogens is 3. The fourth-order valence-electron chi connectivity index (χ4n) is 3.91. The van der Waals surface area contributed by atoms with Crippen molar-refractivity contribution in [3.8, 4) is 0 Å². The SMILES string of the molecule is Cc1nn(C)c2ncc(CN3CCN(Cc4cccc(C(F)(F)F)c4)CC3)cc12. The van der Waals surface area contributed by atoms with Gasteiger partial charge in [-0.1, -0.05) is 18.2 Å². The highest BCUT2D eigenvalue weighted by Crippen LogP contribution is 2.29. The number of aryl methyl sites for hydroxylation is 2. The molecule has 1 aromatic carbocycles. The van der Waals surface area contributed by atoms with Gasteiger partial charge in [-0.2, -0.15) is 18.3 Å². The fraction of sp³-hybridized carbons (Fsp3) is 0.429. The molecule has 1 saturated heterocycles. The van der Waals surface area contributed by atoms with Gasteiger partial charge < -0.3 is 0 Å². The van der Waals surface area contributed by atoms with Crippen LogP contribution in [0, 0.1) is 6.92 Å². The van der Waals surface area contributed by atoms with E-state index in [1.165, 1.54) is 12.1 Å². The second-order valence-corrected chi connectivity index (χ2v) is 7.67. The molecule has 1 aliphatic rings. The molecule has 3 aromatic rings. The van der Waals surface area contributed by atoms with E-state index < -0.39 is 11.7 Å². The lowest BCUT2D eigenvalue weighted by molar-refractivity contribution is -0.137. The number of pyridine rings is 1. The number of nitrogens with zero attached hydrogens (tertiary/aromatic N) is 5. The van der Waals surface area contributed by atoms with Crippen molar-refractivity contribution in [2.24, 2.45) is 7.05 Å². The van der Waals surface area contributed by atoms with E-state index in [-0.39, 0.29) is 0 Å².